The van der Waals surface area contributed by atoms with Crippen LogP contribution in [0.1, 0.15) is 11.1 Å². The maximum atomic E-state index is 13.2. The first kappa shape index (κ1) is 20.2. The molecule has 0 N–H and O–H groups in total. The highest BCUT2D eigenvalue weighted by Gasteiger charge is 2.33. The average Bonchev–Trinajstić information content (AvgIpc) is 2.67. The standard InChI is InChI=1S/C19H14ClF3N2O2S/c20-17-7-6-15(19(21,22)23)12-18(17)25(13-14-8-10-24-11-9-14)28(26,27)16-4-2-1-3-5-16/h1-12H,13H2. The largest absolute Gasteiger partial charge is 0.416 e. The Morgan fingerprint density at radius 1 is 0.964 bits per heavy atom. The van der Waals surface area contributed by atoms with Gasteiger partial charge in [-0.3, -0.25) is 9.29 Å². The van der Waals surface area contributed by atoms with Gasteiger partial charge in [0, 0.05) is 12.4 Å². The Morgan fingerprint density at radius 2 is 1.61 bits per heavy atom. The fourth-order valence-corrected chi connectivity index (χ4v) is 4.31. The van der Waals surface area contributed by atoms with Gasteiger partial charge in [-0.1, -0.05) is 29.8 Å². The third-order valence-electron chi connectivity index (χ3n) is 3.95. The quantitative estimate of drug-likeness (QED) is 0.567. The van der Waals surface area contributed by atoms with Gasteiger partial charge >= 0.3 is 6.18 Å². The molecule has 0 atom stereocenters. The minimum Gasteiger partial charge on any atom is -0.265 e. The van der Waals surface area contributed by atoms with Crippen LogP contribution in [0.25, 0.3) is 0 Å². The van der Waals surface area contributed by atoms with E-state index in [1.807, 2.05) is 0 Å². The second-order valence-electron chi connectivity index (χ2n) is 5.84. The molecule has 1 heterocycles. The molecule has 0 saturated heterocycles. The molecule has 3 aromatic rings. The van der Waals surface area contributed by atoms with Crippen LogP contribution in [0.2, 0.25) is 5.02 Å². The van der Waals surface area contributed by atoms with Gasteiger partial charge in [0.15, 0.2) is 0 Å². The van der Waals surface area contributed by atoms with Crippen LogP contribution in [0.4, 0.5) is 18.9 Å². The predicted octanol–water partition coefficient (Wildman–Crippen LogP) is 5.15. The SMILES string of the molecule is O=S(=O)(c1ccccc1)N(Cc1ccncc1)c1cc(C(F)(F)F)ccc1Cl. The van der Waals surface area contributed by atoms with Crippen molar-refractivity contribution in [3.63, 3.8) is 0 Å². The van der Waals surface area contributed by atoms with E-state index in [1.165, 1.54) is 36.7 Å². The highest BCUT2D eigenvalue weighted by Crippen LogP contribution is 2.38. The molecule has 9 heteroatoms. The van der Waals surface area contributed by atoms with Gasteiger partial charge in [-0.2, -0.15) is 13.2 Å². The van der Waals surface area contributed by atoms with Gasteiger partial charge in [0.25, 0.3) is 10.0 Å². The van der Waals surface area contributed by atoms with E-state index >= 15 is 0 Å². The monoisotopic (exact) mass is 426 g/mol. The Hall–Kier alpha value is -2.58. The van der Waals surface area contributed by atoms with E-state index in [4.69, 9.17) is 11.6 Å². The number of alkyl halides is 3. The number of pyridine rings is 1. The summed E-state index contributed by atoms with van der Waals surface area (Å²) >= 11 is 6.11. The Kier molecular flexibility index (Phi) is 5.62. The Morgan fingerprint density at radius 3 is 2.21 bits per heavy atom. The number of anilines is 1. The summed E-state index contributed by atoms with van der Waals surface area (Å²) in [6.45, 7) is -0.208. The summed E-state index contributed by atoms with van der Waals surface area (Å²) in [5.41, 5.74) is -0.699. The number of hydrogen-bond acceptors (Lipinski definition) is 3. The van der Waals surface area contributed by atoms with Crippen LogP contribution in [0, 0.1) is 0 Å². The minimum absolute atomic E-state index is 0.0578. The first-order chi connectivity index (χ1) is 13.2. The summed E-state index contributed by atoms with van der Waals surface area (Å²) in [6.07, 6.45) is -1.70. The van der Waals surface area contributed by atoms with Crippen LogP contribution in [-0.4, -0.2) is 13.4 Å². The van der Waals surface area contributed by atoms with E-state index in [1.54, 1.807) is 18.2 Å². The molecule has 0 aliphatic carbocycles. The van der Waals surface area contributed by atoms with E-state index in [0.29, 0.717) is 5.56 Å². The highest BCUT2D eigenvalue weighted by atomic mass is 35.5. The molecule has 0 aliphatic rings. The van der Waals surface area contributed by atoms with Crippen LogP contribution < -0.4 is 4.31 Å². The zero-order valence-corrected chi connectivity index (χ0v) is 15.8. The molecule has 4 nitrogen and oxygen atoms in total. The van der Waals surface area contributed by atoms with Crippen molar-refractivity contribution in [3.05, 3.63) is 89.2 Å². The van der Waals surface area contributed by atoms with Crippen molar-refractivity contribution in [3.8, 4) is 0 Å². The minimum atomic E-state index is -4.64. The van der Waals surface area contributed by atoms with Crippen molar-refractivity contribution >= 4 is 27.3 Å². The van der Waals surface area contributed by atoms with Gasteiger partial charge in [-0.05, 0) is 48.0 Å². The molecule has 2 aromatic carbocycles. The van der Waals surface area contributed by atoms with Crippen molar-refractivity contribution in [1.82, 2.24) is 4.98 Å². The number of halogens is 4. The lowest BCUT2D eigenvalue weighted by molar-refractivity contribution is -0.137. The molecule has 0 spiro atoms. The van der Waals surface area contributed by atoms with Crippen LogP contribution in [0.15, 0.2) is 78.0 Å². The first-order valence-corrected chi connectivity index (χ1v) is 9.85. The van der Waals surface area contributed by atoms with Gasteiger partial charge in [-0.25, -0.2) is 8.42 Å². The number of benzene rings is 2. The van der Waals surface area contributed by atoms with E-state index < -0.39 is 21.8 Å². The van der Waals surface area contributed by atoms with Crippen LogP contribution in [-0.2, 0) is 22.7 Å². The summed E-state index contributed by atoms with van der Waals surface area (Å²) in [4.78, 5) is 3.81. The molecular formula is C19H14ClF3N2O2S. The van der Waals surface area contributed by atoms with Crippen LogP contribution in [0.3, 0.4) is 0 Å². The Bertz CT molecular complexity index is 1060. The number of hydrogen-bond donors (Lipinski definition) is 0. The molecule has 0 bridgehead atoms. The van der Waals surface area contributed by atoms with Gasteiger partial charge in [0.05, 0.1) is 27.7 Å². The molecule has 0 fully saturated rings. The smallest absolute Gasteiger partial charge is 0.265 e. The molecule has 28 heavy (non-hydrogen) atoms. The molecule has 0 amide bonds. The van der Waals surface area contributed by atoms with E-state index in [-0.39, 0.29) is 22.2 Å². The third kappa shape index (κ3) is 4.28. The maximum absolute atomic E-state index is 13.2. The Balaban J connectivity index is 2.17. The summed E-state index contributed by atoms with van der Waals surface area (Å²) in [5, 5.41) is -0.110. The number of sulfonamides is 1. The lowest BCUT2D eigenvalue weighted by Gasteiger charge is -2.26. The van der Waals surface area contributed by atoms with Crippen molar-refractivity contribution in [2.24, 2.45) is 0 Å². The zero-order valence-electron chi connectivity index (χ0n) is 14.3. The van der Waals surface area contributed by atoms with Crippen molar-refractivity contribution in [1.29, 1.82) is 0 Å². The van der Waals surface area contributed by atoms with Gasteiger partial charge in [0.1, 0.15) is 0 Å². The lowest BCUT2D eigenvalue weighted by atomic mass is 10.2. The maximum Gasteiger partial charge on any atom is 0.416 e. The molecule has 3 rings (SSSR count). The Labute approximate surface area is 165 Å². The van der Waals surface area contributed by atoms with E-state index in [2.05, 4.69) is 4.98 Å². The van der Waals surface area contributed by atoms with E-state index in [9.17, 15) is 21.6 Å². The summed E-state index contributed by atoms with van der Waals surface area (Å²) in [5.74, 6) is 0. The first-order valence-electron chi connectivity index (χ1n) is 8.03. The lowest BCUT2D eigenvalue weighted by Crippen LogP contribution is -2.31. The second kappa shape index (κ2) is 7.81. The van der Waals surface area contributed by atoms with Crippen LogP contribution >= 0.6 is 11.6 Å². The normalized spacial score (nSPS) is 12.0. The van der Waals surface area contributed by atoms with Gasteiger partial charge in [0.2, 0.25) is 0 Å². The highest BCUT2D eigenvalue weighted by molar-refractivity contribution is 7.92. The topological polar surface area (TPSA) is 50.3 Å². The molecular weight excluding hydrogens is 413 g/mol. The number of aromatic nitrogens is 1. The van der Waals surface area contributed by atoms with Gasteiger partial charge < -0.3 is 0 Å². The number of rotatable bonds is 5. The summed E-state index contributed by atoms with van der Waals surface area (Å²) in [7, 11) is -4.18. The third-order valence-corrected chi connectivity index (χ3v) is 6.04. The molecule has 1 aromatic heterocycles. The van der Waals surface area contributed by atoms with Crippen LogP contribution in [0.5, 0.6) is 0 Å². The second-order valence-corrected chi connectivity index (χ2v) is 8.11. The average molecular weight is 427 g/mol. The molecule has 146 valence electrons. The van der Waals surface area contributed by atoms with E-state index in [0.717, 1.165) is 22.5 Å². The fourth-order valence-electron chi connectivity index (χ4n) is 2.55. The van der Waals surface area contributed by atoms with Gasteiger partial charge in [-0.15, -0.1) is 0 Å². The summed E-state index contributed by atoms with van der Waals surface area (Å²) < 4.78 is 66.9. The fraction of sp³-hybridized carbons (Fsp3) is 0.105. The molecule has 0 saturated carbocycles. The number of nitrogens with zero attached hydrogens (tertiary/aromatic N) is 2. The zero-order chi connectivity index (χ0) is 20.4. The molecule has 0 radical (unpaired) electrons. The van der Waals surface area contributed by atoms with Crippen molar-refractivity contribution in [2.75, 3.05) is 4.31 Å². The predicted molar refractivity (Wildman–Crippen MR) is 101 cm³/mol. The molecule has 0 unspecified atom stereocenters. The molecule has 0 aliphatic heterocycles. The van der Waals surface area contributed by atoms with Crippen molar-refractivity contribution < 1.29 is 21.6 Å². The summed E-state index contributed by atoms with van der Waals surface area (Å²) in [6, 6.07) is 13.2. The van der Waals surface area contributed by atoms with Crippen molar-refractivity contribution in [2.45, 2.75) is 17.6 Å².